The molecule has 4 atom stereocenters. The number of allylic oxidation sites excluding steroid dienone is 4. The van der Waals surface area contributed by atoms with E-state index in [0.717, 1.165) is 5.54 Å². The molecule has 2 saturated heterocycles. The second kappa shape index (κ2) is 4.83. The lowest BCUT2D eigenvalue weighted by molar-refractivity contribution is 0.235. The largest absolute Gasteiger partial charge is 0.0910 e. The van der Waals surface area contributed by atoms with Crippen molar-refractivity contribution in [2.24, 2.45) is 5.41 Å². The van der Waals surface area contributed by atoms with Crippen LogP contribution in [0.3, 0.4) is 0 Å². The summed E-state index contributed by atoms with van der Waals surface area (Å²) in [6.07, 6.45) is 11.5. The summed E-state index contributed by atoms with van der Waals surface area (Å²) in [6.45, 7) is 10.5. The molecule has 3 aliphatic rings. The van der Waals surface area contributed by atoms with Gasteiger partial charge in [0.25, 0.3) is 0 Å². The Kier molecular flexibility index (Phi) is 3.28. The monoisotopic (exact) mass is 338 g/mol. The molecule has 1 aliphatic carbocycles. The van der Waals surface area contributed by atoms with Gasteiger partial charge < -0.3 is 0 Å². The highest BCUT2D eigenvalue weighted by molar-refractivity contribution is 6.97. The molecular formula is C21H30Si2. The van der Waals surface area contributed by atoms with Crippen molar-refractivity contribution in [2.75, 3.05) is 0 Å². The van der Waals surface area contributed by atoms with Crippen molar-refractivity contribution < 1.29 is 0 Å². The van der Waals surface area contributed by atoms with Crippen molar-refractivity contribution in [3.63, 3.8) is 0 Å². The summed E-state index contributed by atoms with van der Waals surface area (Å²) in [5, 5.41) is 2.19. The van der Waals surface area contributed by atoms with Gasteiger partial charge in [0.15, 0.2) is 0 Å². The van der Waals surface area contributed by atoms with Gasteiger partial charge in [-0.2, -0.15) is 0 Å². The quantitative estimate of drug-likeness (QED) is 0.574. The van der Waals surface area contributed by atoms with Crippen LogP contribution in [0.2, 0.25) is 41.8 Å². The normalized spacial score (nSPS) is 43.9. The molecule has 0 amide bonds. The van der Waals surface area contributed by atoms with E-state index >= 15 is 0 Å². The van der Waals surface area contributed by atoms with Gasteiger partial charge in [-0.15, -0.1) is 0 Å². The van der Waals surface area contributed by atoms with Crippen LogP contribution < -0.4 is 5.19 Å². The number of benzene rings is 1. The van der Waals surface area contributed by atoms with Crippen molar-refractivity contribution in [2.45, 2.75) is 62.1 Å². The van der Waals surface area contributed by atoms with Crippen LogP contribution in [0.4, 0.5) is 0 Å². The summed E-state index contributed by atoms with van der Waals surface area (Å²) in [5.41, 5.74) is 1.28. The fraction of sp³-hybridized carbons (Fsp3) is 0.524. The van der Waals surface area contributed by atoms with Crippen LogP contribution in [0.15, 0.2) is 54.6 Å². The van der Waals surface area contributed by atoms with Gasteiger partial charge in [-0.1, -0.05) is 111 Å². The van der Waals surface area contributed by atoms with E-state index < -0.39 is 16.1 Å². The third kappa shape index (κ3) is 1.82. The molecule has 122 valence electrons. The Balaban J connectivity index is 1.92. The van der Waals surface area contributed by atoms with E-state index in [9.17, 15) is 0 Å². The zero-order valence-electron chi connectivity index (χ0n) is 15.1. The molecule has 2 heteroatoms. The van der Waals surface area contributed by atoms with Crippen molar-refractivity contribution in [1.29, 1.82) is 0 Å². The fourth-order valence-corrected chi connectivity index (χ4v) is 21.0. The molecule has 2 fully saturated rings. The van der Waals surface area contributed by atoms with Gasteiger partial charge in [0.2, 0.25) is 0 Å². The molecule has 2 aliphatic heterocycles. The molecule has 1 aromatic rings. The Morgan fingerprint density at radius 3 is 2.43 bits per heavy atom. The Hall–Kier alpha value is -0.866. The van der Waals surface area contributed by atoms with Gasteiger partial charge in [-0.3, -0.25) is 0 Å². The second-order valence-corrected chi connectivity index (χ2v) is 18.7. The summed E-state index contributed by atoms with van der Waals surface area (Å²) in [4.78, 5) is 0. The zero-order valence-corrected chi connectivity index (χ0v) is 17.1. The van der Waals surface area contributed by atoms with E-state index in [1.807, 2.05) is 0 Å². The average molecular weight is 339 g/mol. The first-order valence-corrected chi connectivity index (χ1v) is 15.0. The minimum atomic E-state index is -1.53. The fourth-order valence-electron chi connectivity index (χ4n) is 6.99. The Morgan fingerprint density at radius 1 is 1.00 bits per heavy atom. The third-order valence-electron chi connectivity index (χ3n) is 7.76. The lowest BCUT2D eigenvalue weighted by Gasteiger charge is -2.71. The van der Waals surface area contributed by atoms with E-state index in [1.54, 1.807) is 11.2 Å². The molecule has 1 unspecified atom stereocenters. The Labute approximate surface area is 143 Å². The summed E-state index contributed by atoms with van der Waals surface area (Å²) in [5.74, 6) is 0. The molecule has 23 heavy (non-hydrogen) atoms. The molecule has 1 aromatic carbocycles. The highest BCUT2D eigenvalue weighted by Gasteiger charge is 2.72. The molecule has 0 N–H and O–H groups in total. The smallest absolute Gasteiger partial charge is 0.0832 e. The molecule has 0 saturated carbocycles. The number of hydrogen-bond donors (Lipinski definition) is 0. The van der Waals surface area contributed by atoms with Crippen molar-refractivity contribution >= 4 is 21.3 Å². The highest BCUT2D eigenvalue weighted by Crippen LogP contribution is 2.78. The summed E-state index contributed by atoms with van der Waals surface area (Å²) < 4.78 is 0. The van der Waals surface area contributed by atoms with E-state index in [2.05, 4.69) is 81.6 Å². The maximum atomic E-state index is 2.72. The highest BCUT2D eigenvalue weighted by atomic mass is 28.3. The van der Waals surface area contributed by atoms with Gasteiger partial charge in [-0.05, 0) is 16.0 Å². The second-order valence-electron chi connectivity index (χ2n) is 9.35. The summed E-state index contributed by atoms with van der Waals surface area (Å²) in [7, 11) is -2.73. The van der Waals surface area contributed by atoms with Crippen molar-refractivity contribution in [3.8, 4) is 0 Å². The Bertz CT molecular complexity index is 674. The van der Waals surface area contributed by atoms with Gasteiger partial charge in [0.1, 0.15) is 0 Å². The van der Waals surface area contributed by atoms with Crippen LogP contribution in [-0.2, 0) is 0 Å². The van der Waals surface area contributed by atoms with E-state index in [1.165, 1.54) is 18.5 Å². The predicted molar refractivity (Wildman–Crippen MR) is 107 cm³/mol. The maximum Gasteiger partial charge on any atom is 0.0910 e. The minimum Gasteiger partial charge on any atom is -0.0832 e. The SMILES string of the molecule is CC1(C)C[Si@]2(C)CCC[Si@@](C)(c3ccccc3)[C@H]3C=CC=CC312. The molecule has 0 nitrogen and oxygen atoms in total. The first kappa shape index (κ1) is 15.6. The Morgan fingerprint density at radius 2 is 1.74 bits per heavy atom. The standard InChI is InChI=1S/C21H30Si2/c1-20(2)17-22(3)15-10-16-23(4,18-11-6-5-7-12-18)19-13-8-9-14-21(19,20)22/h5-9,11-14,19H,10,15-17H2,1-4H3/t19-,21?,22-,23-/m0/s1. The third-order valence-corrected chi connectivity index (χ3v) is 19.4. The molecule has 2 heterocycles. The minimum absolute atomic E-state index is 0.479. The van der Waals surface area contributed by atoms with Crippen molar-refractivity contribution in [3.05, 3.63) is 54.6 Å². The van der Waals surface area contributed by atoms with E-state index in [4.69, 9.17) is 0 Å². The summed E-state index contributed by atoms with van der Waals surface area (Å²) >= 11 is 0. The van der Waals surface area contributed by atoms with Crippen LogP contribution in [0.25, 0.3) is 0 Å². The molecule has 0 bridgehead atoms. The van der Waals surface area contributed by atoms with Gasteiger partial charge in [-0.25, -0.2) is 0 Å². The number of hydrogen-bond acceptors (Lipinski definition) is 0. The van der Waals surface area contributed by atoms with Gasteiger partial charge in [0, 0.05) is 0 Å². The molecular weight excluding hydrogens is 308 g/mol. The zero-order chi connectivity index (χ0) is 16.3. The molecule has 0 radical (unpaired) electrons. The molecule has 1 spiro atoms. The van der Waals surface area contributed by atoms with Crippen LogP contribution in [0, 0.1) is 5.41 Å². The van der Waals surface area contributed by atoms with Gasteiger partial charge >= 0.3 is 0 Å². The first-order chi connectivity index (χ1) is 10.9. The predicted octanol–water partition coefficient (Wildman–Crippen LogP) is 5.73. The van der Waals surface area contributed by atoms with Crippen LogP contribution >= 0.6 is 0 Å². The molecule has 0 aromatic heterocycles. The lowest BCUT2D eigenvalue weighted by Crippen LogP contribution is -2.68. The van der Waals surface area contributed by atoms with E-state index in [0.29, 0.717) is 10.5 Å². The lowest BCUT2D eigenvalue weighted by atomic mass is 9.73. The maximum absolute atomic E-state index is 2.72. The van der Waals surface area contributed by atoms with Crippen LogP contribution in [-0.4, -0.2) is 16.1 Å². The van der Waals surface area contributed by atoms with Gasteiger partial charge in [0.05, 0.1) is 16.1 Å². The van der Waals surface area contributed by atoms with Crippen LogP contribution in [0.5, 0.6) is 0 Å². The van der Waals surface area contributed by atoms with E-state index in [-0.39, 0.29) is 0 Å². The molecule has 4 rings (SSSR count). The van der Waals surface area contributed by atoms with Crippen LogP contribution in [0.1, 0.15) is 20.3 Å². The summed E-state index contributed by atoms with van der Waals surface area (Å²) in [6, 6.07) is 16.1. The van der Waals surface area contributed by atoms with Crippen molar-refractivity contribution in [1.82, 2.24) is 0 Å². The number of rotatable bonds is 1. The first-order valence-electron chi connectivity index (χ1n) is 9.27. The average Bonchev–Trinajstić information content (AvgIpc) is 2.62. The topological polar surface area (TPSA) is 0 Å².